The van der Waals surface area contributed by atoms with Gasteiger partial charge in [-0.1, -0.05) is 55.8 Å². The molecule has 1 aromatic carbocycles. The van der Waals surface area contributed by atoms with Gasteiger partial charge in [0.25, 0.3) is 0 Å². The highest BCUT2D eigenvalue weighted by Crippen LogP contribution is 2.68. The predicted molar refractivity (Wildman–Crippen MR) is 89.0 cm³/mol. The Bertz CT molecular complexity index is 486. The van der Waals surface area contributed by atoms with Gasteiger partial charge in [0.2, 0.25) is 0 Å². The maximum atomic E-state index is 3.79. The fraction of sp³-hybridized carbons (Fsp3) is 0.667. The lowest BCUT2D eigenvalue weighted by molar-refractivity contribution is 0.282. The molecule has 0 aliphatic heterocycles. The number of hydrogen-bond donors (Lipinski definition) is 1. The van der Waals surface area contributed by atoms with Crippen LogP contribution in [0.4, 0.5) is 0 Å². The average molecular weight is 336 g/mol. The Hall–Kier alpha value is -0.340. The van der Waals surface area contributed by atoms with Gasteiger partial charge in [0.1, 0.15) is 0 Å². The highest BCUT2D eigenvalue weighted by Gasteiger charge is 2.64. The van der Waals surface area contributed by atoms with Crippen molar-refractivity contribution in [2.75, 3.05) is 6.54 Å². The molecule has 20 heavy (non-hydrogen) atoms. The van der Waals surface area contributed by atoms with Crippen molar-refractivity contribution in [3.05, 3.63) is 34.3 Å². The third kappa shape index (κ3) is 2.35. The van der Waals surface area contributed by atoms with Crippen LogP contribution in [0.15, 0.2) is 28.7 Å². The van der Waals surface area contributed by atoms with E-state index < -0.39 is 0 Å². The summed E-state index contributed by atoms with van der Waals surface area (Å²) in [5.41, 5.74) is 2.51. The van der Waals surface area contributed by atoms with Gasteiger partial charge in [-0.3, -0.25) is 0 Å². The minimum absolute atomic E-state index is 0.507. The Kier molecular flexibility index (Phi) is 3.53. The lowest BCUT2D eigenvalue weighted by atomic mass is 9.76. The molecule has 0 amide bonds. The molecule has 0 aromatic heterocycles. The lowest BCUT2D eigenvalue weighted by Crippen LogP contribution is -2.41. The first-order valence-corrected chi connectivity index (χ1v) is 8.60. The van der Waals surface area contributed by atoms with Crippen molar-refractivity contribution < 1.29 is 0 Å². The molecule has 2 saturated carbocycles. The normalized spacial score (nSPS) is 30.9. The average Bonchev–Trinajstić information content (AvgIpc) is 2.69. The van der Waals surface area contributed by atoms with Crippen LogP contribution in [-0.2, 0) is 0 Å². The van der Waals surface area contributed by atoms with Crippen molar-refractivity contribution in [2.24, 2.45) is 16.7 Å². The summed E-state index contributed by atoms with van der Waals surface area (Å²) in [4.78, 5) is 0. The zero-order valence-electron chi connectivity index (χ0n) is 13.0. The molecule has 2 fully saturated rings. The van der Waals surface area contributed by atoms with E-state index in [-0.39, 0.29) is 0 Å². The van der Waals surface area contributed by atoms with Crippen LogP contribution in [0.2, 0.25) is 0 Å². The van der Waals surface area contributed by atoms with Gasteiger partial charge in [-0.15, -0.1) is 0 Å². The first kappa shape index (κ1) is 14.6. The van der Waals surface area contributed by atoms with Crippen molar-refractivity contribution >= 4 is 15.9 Å². The second kappa shape index (κ2) is 4.84. The molecule has 0 heterocycles. The van der Waals surface area contributed by atoms with E-state index in [2.05, 4.69) is 73.2 Å². The summed E-state index contributed by atoms with van der Waals surface area (Å²) in [6.07, 6.45) is 2.59. The van der Waals surface area contributed by atoms with E-state index in [1.165, 1.54) is 29.4 Å². The number of benzene rings is 1. The minimum Gasteiger partial charge on any atom is -0.314 e. The van der Waals surface area contributed by atoms with E-state index >= 15 is 0 Å². The summed E-state index contributed by atoms with van der Waals surface area (Å²) in [7, 11) is 0. The van der Waals surface area contributed by atoms with E-state index in [1.54, 1.807) is 0 Å². The highest BCUT2D eigenvalue weighted by atomic mass is 79.9. The van der Waals surface area contributed by atoms with Gasteiger partial charge in [0.15, 0.2) is 0 Å². The fourth-order valence-electron chi connectivity index (χ4n) is 3.95. The Morgan fingerprint density at radius 3 is 2.35 bits per heavy atom. The van der Waals surface area contributed by atoms with Crippen molar-refractivity contribution in [3.63, 3.8) is 0 Å². The first-order valence-electron chi connectivity index (χ1n) is 7.81. The molecule has 1 N–H and O–H groups in total. The SMILES string of the molecule is CC1(C)C(CNC2CC(c3cccc(Br)c3)C2)C1(C)C. The Morgan fingerprint density at radius 2 is 1.80 bits per heavy atom. The van der Waals surface area contributed by atoms with Crippen LogP contribution in [0.1, 0.15) is 52.0 Å². The fourth-order valence-corrected chi connectivity index (χ4v) is 4.36. The Balaban J connectivity index is 1.46. The summed E-state index contributed by atoms with van der Waals surface area (Å²) in [6.45, 7) is 10.8. The van der Waals surface area contributed by atoms with Crippen LogP contribution < -0.4 is 5.32 Å². The van der Waals surface area contributed by atoms with Gasteiger partial charge in [0, 0.05) is 10.5 Å². The van der Waals surface area contributed by atoms with Crippen LogP contribution in [-0.4, -0.2) is 12.6 Å². The molecule has 0 unspecified atom stereocenters. The van der Waals surface area contributed by atoms with Crippen LogP contribution in [0.25, 0.3) is 0 Å². The van der Waals surface area contributed by atoms with Crippen molar-refractivity contribution in [1.82, 2.24) is 5.32 Å². The molecular weight excluding hydrogens is 310 g/mol. The monoisotopic (exact) mass is 335 g/mol. The number of nitrogens with one attached hydrogen (secondary N) is 1. The van der Waals surface area contributed by atoms with Gasteiger partial charge in [-0.05, 0) is 59.7 Å². The van der Waals surface area contributed by atoms with Gasteiger partial charge in [-0.25, -0.2) is 0 Å². The predicted octanol–water partition coefficient (Wildman–Crippen LogP) is 4.97. The van der Waals surface area contributed by atoms with Crippen molar-refractivity contribution in [2.45, 2.75) is 52.5 Å². The molecule has 1 nitrogen and oxygen atoms in total. The molecule has 1 aromatic rings. The van der Waals surface area contributed by atoms with Crippen LogP contribution >= 0.6 is 15.9 Å². The number of halogens is 1. The third-order valence-corrected chi connectivity index (χ3v) is 6.88. The van der Waals surface area contributed by atoms with E-state index in [1.807, 2.05) is 0 Å². The molecular formula is C18H26BrN. The summed E-state index contributed by atoms with van der Waals surface area (Å²) >= 11 is 3.57. The molecule has 2 aliphatic rings. The number of hydrogen-bond acceptors (Lipinski definition) is 1. The molecule has 110 valence electrons. The van der Waals surface area contributed by atoms with E-state index in [9.17, 15) is 0 Å². The zero-order chi connectivity index (χ0) is 14.5. The maximum Gasteiger partial charge on any atom is 0.0178 e. The molecule has 2 aliphatic carbocycles. The highest BCUT2D eigenvalue weighted by molar-refractivity contribution is 9.10. The Morgan fingerprint density at radius 1 is 1.15 bits per heavy atom. The molecule has 0 atom stereocenters. The Labute approximate surface area is 131 Å². The molecule has 0 bridgehead atoms. The minimum atomic E-state index is 0.507. The van der Waals surface area contributed by atoms with Gasteiger partial charge in [-0.2, -0.15) is 0 Å². The van der Waals surface area contributed by atoms with Crippen molar-refractivity contribution in [3.8, 4) is 0 Å². The van der Waals surface area contributed by atoms with E-state index in [0.29, 0.717) is 10.8 Å². The number of rotatable bonds is 4. The van der Waals surface area contributed by atoms with Crippen LogP contribution in [0.5, 0.6) is 0 Å². The smallest absolute Gasteiger partial charge is 0.0178 e. The maximum absolute atomic E-state index is 3.79. The summed E-state index contributed by atoms with van der Waals surface area (Å²) in [6, 6.07) is 9.52. The molecule has 2 heteroatoms. The summed E-state index contributed by atoms with van der Waals surface area (Å²) < 4.78 is 1.20. The zero-order valence-corrected chi connectivity index (χ0v) is 14.6. The van der Waals surface area contributed by atoms with Crippen LogP contribution in [0, 0.1) is 16.7 Å². The standard InChI is InChI=1S/C18H26BrN/c1-17(2)16(18(17,3)4)11-20-15-9-13(10-15)12-6-5-7-14(19)8-12/h5-8,13,15-16,20H,9-11H2,1-4H3. The van der Waals surface area contributed by atoms with E-state index in [4.69, 9.17) is 0 Å². The van der Waals surface area contributed by atoms with Crippen LogP contribution in [0.3, 0.4) is 0 Å². The summed E-state index contributed by atoms with van der Waals surface area (Å²) in [5, 5.41) is 3.79. The third-order valence-electron chi connectivity index (χ3n) is 6.39. The molecule has 3 rings (SSSR count). The molecule has 0 saturated heterocycles. The molecule has 0 spiro atoms. The topological polar surface area (TPSA) is 12.0 Å². The van der Waals surface area contributed by atoms with Gasteiger partial charge in [0.05, 0.1) is 0 Å². The van der Waals surface area contributed by atoms with Gasteiger partial charge >= 0.3 is 0 Å². The summed E-state index contributed by atoms with van der Waals surface area (Å²) in [5.74, 6) is 1.59. The first-order chi connectivity index (χ1) is 9.32. The lowest BCUT2D eigenvalue weighted by Gasteiger charge is -2.36. The van der Waals surface area contributed by atoms with Gasteiger partial charge < -0.3 is 5.32 Å². The molecule has 0 radical (unpaired) electrons. The largest absolute Gasteiger partial charge is 0.314 e. The van der Waals surface area contributed by atoms with E-state index in [0.717, 1.165) is 17.9 Å². The van der Waals surface area contributed by atoms with Crippen molar-refractivity contribution in [1.29, 1.82) is 0 Å². The second-order valence-electron chi connectivity index (χ2n) is 7.82. The quantitative estimate of drug-likeness (QED) is 0.819. The second-order valence-corrected chi connectivity index (χ2v) is 8.74.